The fraction of sp³-hybridized carbons (Fsp3) is 0.294. The molecule has 0 aliphatic heterocycles. The summed E-state index contributed by atoms with van der Waals surface area (Å²) in [7, 11) is 0. The second-order valence-electron chi connectivity index (χ2n) is 5.93. The van der Waals surface area contributed by atoms with Crippen molar-refractivity contribution in [2.75, 3.05) is 10.6 Å². The maximum atomic E-state index is 13.5. The van der Waals surface area contributed by atoms with E-state index in [-0.39, 0.29) is 11.7 Å². The van der Waals surface area contributed by atoms with Crippen molar-refractivity contribution >= 4 is 34.6 Å². The number of carbonyl (C=O) groups excluding carboxylic acids is 1. The Balaban J connectivity index is 2.02. The van der Waals surface area contributed by atoms with Gasteiger partial charge < -0.3 is 10.6 Å². The molecule has 0 fully saturated rings. The van der Waals surface area contributed by atoms with E-state index in [1.807, 2.05) is 6.92 Å². The minimum Gasteiger partial charge on any atom is -0.339 e. The van der Waals surface area contributed by atoms with E-state index in [4.69, 9.17) is 0 Å². The number of alkyl halides is 2. The Labute approximate surface area is 163 Å². The highest BCUT2D eigenvalue weighted by Crippen LogP contribution is 2.33. The van der Waals surface area contributed by atoms with Gasteiger partial charge in [-0.1, -0.05) is 18.3 Å². The number of hydrogen-bond acceptors (Lipinski definition) is 8. The molecule has 3 aromatic rings. The van der Waals surface area contributed by atoms with E-state index in [0.717, 1.165) is 18.4 Å². The first-order valence-electron chi connectivity index (χ1n) is 8.35. The first-order chi connectivity index (χ1) is 13.3. The van der Waals surface area contributed by atoms with Crippen LogP contribution in [0.4, 0.5) is 26.1 Å². The molecule has 0 radical (unpaired) electrons. The Bertz CT molecular complexity index is 1000. The average molecular weight is 405 g/mol. The van der Waals surface area contributed by atoms with E-state index in [1.54, 1.807) is 6.07 Å². The normalized spacial score (nSPS) is 11.3. The average Bonchev–Trinajstić information content (AvgIpc) is 3.10. The molecule has 0 aliphatic carbocycles. The number of aromatic nitrogens is 5. The second kappa shape index (κ2) is 7.89. The molecular weight excluding hydrogens is 388 g/mol. The molecule has 1 amide bonds. The zero-order chi connectivity index (χ0) is 20.3. The van der Waals surface area contributed by atoms with Crippen molar-refractivity contribution in [3.8, 4) is 10.6 Å². The highest BCUT2D eigenvalue weighted by atomic mass is 32.1. The molecule has 0 spiro atoms. The van der Waals surface area contributed by atoms with Gasteiger partial charge in [0.15, 0.2) is 5.01 Å². The van der Waals surface area contributed by atoms with Crippen molar-refractivity contribution < 1.29 is 13.6 Å². The molecule has 0 aromatic carbocycles. The third kappa shape index (κ3) is 4.60. The summed E-state index contributed by atoms with van der Waals surface area (Å²) in [6.07, 6.45) is 3.51. The molecule has 28 heavy (non-hydrogen) atoms. The highest BCUT2D eigenvalue weighted by Gasteiger charge is 2.28. The molecular formula is C17H17F2N7OS. The molecule has 11 heteroatoms. The van der Waals surface area contributed by atoms with Crippen molar-refractivity contribution in [3.63, 3.8) is 0 Å². The van der Waals surface area contributed by atoms with Gasteiger partial charge in [0.25, 0.3) is 0 Å². The number of rotatable bonds is 6. The number of pyridine rings is 1. The summed E-state index contributed by atoms with van der Waals surface area (Å²) in [5, 5.41) is 15.3. The Kier molecular flexibility index (Phi) is 5.54. The summed E-state index contributed by atoms with van der Waals surface area (Å²) in [5.41, 5.74) is 1.09. The third-order valence-corrected chi connectivity index (χ3v) is 4.62. The van der Waals surface area contributed by atoms with Crippen LogP contribution in [0.5, 0.6) is 0 Å². The fourth-order valence-corrected chi connectivity index (χ4v) is 3.06. The lowest BCUT2D eigenvalue weighted by molar-refractivity contribution is -0.114. The Morgan fingerprint density at radius 3 is 2.68 bits per heavy atom. The van der Waals surface area contributed by atoms with Crippen LogP contribution in [0.15, 0.2) is 24.5 Å². The predicted octanol–water partition coefficient (Wildman–Crippen LogP) is 3.77. The van der Waals surface area contributed by atoms with Gasteiger partial charge in [0, 0.05) is 32.3 Å². The van der Waals surface area contributed by atoms with Crippen molar-refractivity contribution in [3.05, 3.63) is 35.4 Å². The lowest BCUT2D eigenvalue weighted by atomic mass is 10.2. The minimum atomic E-state index is -3.17. The van der Waals surface area contributed by atoms with Gasteiger partial charge in [-0.3, -0.25) is 4.79 Å². The van der Waals surface area contributed by atoms with Gasteiger partial charge in [0.1, 0.15) is 16.6 Å². The van der Waals surface area contributed by atoms with Gasteiger partial charge in [0.05, 0.1) is 11.3 Å². The van der Waals surface area contributed by atoms with Gasteiger partial charge in [-0.2, -0.15) is 8.78 Å². The van der Waals surface area contributed by atoms with Crippen molar-refractivity contribution in [2.45, 2.75) is 33.1 Å². The fourth-order valence-electron chi connectivity index (χ4n) is 2.26. The van der Waals surface area contributed by atoms with E-state index < -0.39 is 11.7 Å². The van der Waals surface area contributed by atoms with Gasteiger partial charge in [-0.25, -0.2) is 15.0 Å². The first kappa shape index (κ1) is 19.7. The number of anilines is 3. The summed E-state index contributed by atoms with van der Waals surface area (Å²) >= 11 is 1.40. The van der Waals surface area contributed by atoms with E-state index in [2.05, 4.69) is 35.8 Å². The molecule has 146 valence electrons. The predicted molar refractivity (Wildman–Crippen MR) is 102 cm³/mol. The molecule has 0 aliphatic rings. The Morgan fingerprint density at radius 1 is 1.25 bits per heavy atom. The minimum absolute atomic E-state index is 0.174. The van der Waals surface area contributed by atoms with Crippen LogP contribution in [0.1, 0.15) is 31.6 Å². The molecule has 3 aromatic heterocycles. The van der Waals surface area contributed by atoms with E-state index in [1.165, 1.54) is 36.7 Å². The standard InChI is InChI=1S/C17H17F2N7OS/c1-4-14-25-26-15(28-14)10-8-21-13(22-9(2)27)7-11(10)23-12-5-6-20-16(24-12)17(3,18)19/h5-8H,4H2,1-3H3,(H2,20,21,22,23,24,27). The molecule has 0 saturated carbocycles. The second-order valence-corrected chi connectivity index (χ2v) is 6.99. The van der Waals surface area contributed by atoms with Gasteiger partial charge in [-0.15, -0.1) is 10.2 Å². The van der Waals surface area contributed by atoms with Crippen LogP contribution in [0.2, 0.25) is 0 Å². The Morgan fingerprint density at radius 2 is 2.04 bits per heavy atom. The molecule has 3 heterocycles. The van der Waals surface area contributed by atoms with E-state index >= 15 is 0 Å². The number of nitrogens with one attached hydrogen (secondary N) is 2. The lowest BCUT2D eigenvalue weighted by Gasteiger charge is -2.13. The molecule has 0 atom stereocenters. The first-order valence-corrected chi connectivity index (χ1v) is 9.16. The molecule has 8 nitrogen and oxygen atoms in total. The van der Waals surface area contributed by atoms with Gasteiger partial charge in [0.2, 0.25) is 11.7 Å². The van der Waals surface area contributed by atoms with Crippen LogP contribution < -0.4 is 10.6 Å². The maximum Gasteiger partial charge on any atom is 0.303 e. The summed E-state index contributed by atoms with van der Waals surface area (Å²) in [4.78, 5) is 23.0. The number of carbonyl (C=O) groups is 1. The summed E-state index contributed by atoms with van der Waals surface area (Å²) in [5.74, 6) is -3.58. The van der Waals surface area contributed by atoms with Gasteiger partial charge in [-0.05, 0) is 12.5 Å². The number of aryl methyl sites for hydroxylation is 1. The van der Waals surface area contributed by atoms with E-state index in [9.17, 15) is 13.6 Å². The summed E-state index contributed by atoms with van der Waals surface area (Å²) < 4.78 is 27.1. The molecule has 3 rings (SSSR count). The highest BCUT2D eigenvalue weighted by molar-refractivity contribution is 7.14. The van der Waals surface area contributed by atoms with Crippen LogP contribution in [0.25, 0.3) is 10.6 Å². The van der Waals surface area contributed by atoms with Crippen LogP contribution in [0, 0.1) is 0 Å². The molecule has 0 bridgehead atoms. The zero-order valence-electron chi connectivity index (χ0n) is 15.3. The SMILES string of the molecule is CCc1nnc(-c2cnc(NC(C)=O)cc2Nc2ccnc(C(C)(F)F)n2)s1. The summed E-state index contributed by atoms with van der Waals surface area (Å²) in [6, 6.07) is 3.05. The topological polar surface area (TPSA) is 106 Å². The van der Waals surface area contributed by atoms with Crippen LogP contribution in [0.3, 0.4) is 0 Å². The van der Waals surface area contributed by atoms with Gasteiger partial charge >= 0.3 is 5.92 Å². The van der Waals surface area contributed by atoms with Crippen LogP contribution in [-0.4, -0.2) is 31.1 Å². The van der Waals surface area contributed by atoms with Crippen molar-refractivity contribution in [1.82, 2.24) is 25.1 Å². The number of hydrogen-bond donors (Lipinski definition) is 2. The number of amides is 1. The lowest BCUT2D eigenvalue weighted by Crippen LogP contribution is -2.13. The van der Waals surface area contributed by atoms with Crippen LogP contribution in [-0.2, 0) is 17.1 Å². The maximum absolute atomic E-state index is 13.5. The monoisotopic (exact) mass is 405 g/mol. The molecule has 0 saturated heterocycles. The largest absolute Gasteiger partial charge is 0.339 e. The quantitative estimate of drug-likeness (QED) is 0.643. The van der Waals surface area contributed by atoms with Crippen molar-refractivity contribution in [1.29, 1.82) is 0 Å². The third-order valence-electron chi connectivity index (χ3n) is 3.52. The summed E-state index contributed by atoms with van der Waals surface area (Å²) in [6.45, 7) is 4.06. The number of halogens is 2. The van der Waals surface area contributed by atoms with Crippen LogP contribution >= 0.6 is 11.3 Å². The number of nitrogens with zero attached hydrogens (tertiary/aromatic N) is 5. The zero-order valence-corrected chi connectivity index (χ0v) is 16.1. The molecule has 0 unspecified atom stereocenters. The molecule has 2 N–H and O–H groups in total. The van der Waals surface area contributed by atoms with Crippen molar-refractivity contribution in [2.24, 2.45) is 0 Å². The smallest absolute Gasteiger partial charge is 0.303 e. The Hall–Kier alpha value is -3.08. The van der Waals surface area contributed by atoms with E-state index in [0.29, 0.717) is 22.1 Å².